The van der Waals surface area contributed by atoms with E-state index in [1.165, 1.54) is 12.0 Å². The van der Waals surface area contributed by atoms with E-state index in [0.717, 1.165) is 64.0 Å². The van der Waals surface area contributed by atoms with Gasteiger partial charge in [0.05, 0.1) is 6.61 Å². The third-order valence-corrected chi connectivity index (χ3v) is 4.73. The Morgan fingerprint density at radius 1 is 1.13 bits per heavy atom. The first-order valence-electron chi connectivity index (χ1n) is 9.01. The first kappa shape index (κ1) is 18.1. The summed E-state index contributed by atoms with van der Waals surface area (Å²) in [6.45, 7) is 8.11. The van der Waals surface area contributed by atoms with Crippen LogP contribution in [0.15, 0.2) is 12.1 Å². The van der Waals surface area contributed by atoms with Crippen LogP contribution < -0.4 is 0 Å². The molecule has 4 heteroatoms. The Bertz CT molecular complexity index is 490. The summed E-state index contributed by atoms with van der Waals surface area (Å²) < 4.78 is 5.73. The van der Waals surface area contributed by atoms with Crippen molar-refractivity contribution in [2.75, 3.05) is 26.3 Å². The summed E-state index contributed by atoms with van der Waals surface area (Å²) in [7, 11) is 0. The third-order valence-electron chi connectivity index (χ3n) is 4.73. The number of fused-ring (bicyclic) bond motifs is 1. The number of hydrogen-bond donors (Lipinski definition) is 2. The van der Waals surface area contributed by atoms with Crippen LogP contribution in [0.3, 0.4) is 0 Å². The molecule has 2 N–H and O–H groups in total. The van der Waals surface area contributed by atoms with E-state index >= 15 is 0 Å². The molecule has 0 amide bonds. The fourth-order valence-electron chi connectivity index (χ4n) is 3.41. The fourth-order valence-corrected chi connectivity index (χ4v) is 3.41. The lowest BCUT2D eigenvalue weighted by Gasteiger charge is -2.35. The molecule has 130 valence electrons. The Kier molecular flexibility index (Phi) is 7.18. The summed E-state index contributed by atoms with van der Waals surface area (Å²) in [4.78, 5) is 2.53. The molecule has 0 saturated carbocycles. The molecular weight excluding hydrogens is 290 g/mol. The topological polar surface area (TPSA) is 52.9 Å². The molecule has 0 spiro atoms. The van der Waals surface area contributed by atoms with E-state index in [-0.39, 0.29) is 11.5 Å². The summed E-state index contributed by atoms with van der Waals surface area (Å²) in [5.74, 6) is 0.0721. The molecule has 1 aliphatic rings. The van der Waals surface area contributed by atoms with Gasteiger partial charge < -0.3 is 14.9 Å². The first-order valence-corrected chi connectivity index (χ1v) is 9.01. The Morgan fingerprint density at radius 2 is 1.96 bits per heavy atom. The van der Waals surface area contributed by atoms with E-state index in [2.05, 4.69) is 18.7 Å². The number of benzene rings is 1. The second kappa shape index (κ2) is 9.14. The molecule has 1 aromatic carbocycles. The molecule has 0 heterocycles. The molecule has 0 bridgehead atoms. The standard InChI is InChI=1S/C19H31NO3/c1-3-5-12-23-13-11-20(10-4-2)16-7-8-17-15(14-16)6-9-18(21)19(17)22/h6,9,16,21-22H,3-5,7-8,10-14H2,1-2H3/t16-/m0/s1. The molecule has 0 unspecified atom stereocenters. The predicted octanol–water partition coefficient (Wildman–Crippen LogP) is 3.48. The first-order chi connectivity index (χ1) is 11.2. The average molecular weight is 321 g/mol. The molecule has 0 saturated heterocycles. The van der Waals surface area contributed by atoms with Crippen molar-refractivity contribution in [3.05, 3.63) is 23.3 Å². The monoisotopic (exact) mass is 321 g/mol. The van der Waals surface area contributed by atoms with Gasteiger partial charge >= 0.3 is 0 Å². The second-order valence-corrected chi connectivity index (χ2v) is 6.47. The molecule has 1 aliphatic carbocycles. The van der Waals surface area contributed by atoms with Crippen molar-refractivity contribution < 1.29 is 14.9 Å². The van der Waals surface area contributed by atoms with Gasteiger partial charge in [0.25, 0.3) is 0 Å². The van der Waals surface area contributed by atoms with Crippen LogP contribution in [0.25, 0.3) is 0 Å². The van der Waals surface area contributed by atoms with Gasteiger partial charge in [-0.25, -0.2) is 0 Å². The van der Waals surface area contributed by atoms with Crippen molar-refractivity contribution in [1.29, 1.82) is 0 Å². The number of aromatic hydroxyl groups is 2. The number of unbranched alkanes of at least 4 members (excludes halogenated alkanes) is 1. The lowest BCUT2D eigenvalue weighted by molar-refractivity contribution is 0.0809. The number of rotatable bonds is 9. The third kappa shape index (κ3) is 4.85. The van der Waals surface area contributed by atoms with Gasteiger partial charge in [-0.05, 0) is 50.3 Å². The summed E-state index contributed by atoms with van der Waals surface area (Å²) in [5.41, 5.74) is 2.10. The number of nitrogens with zero attached hydrogens (tertiary/aromatic N) is 1. The molecule has 2 rings (SSSR count). The highest BCUT2D eigenvalue weighted by Crippen LogP contribution is 2.36. The van der Waals surface area contributed by atoms with Crippen molar-refractivity contribution >= 4 is 0 Å². The summed E-state index contributed by atoms with van der Waals surface area (Å²) in [6.07, 6.45) is 6.25. The summed E-state index contributed by atoms with van der Waals surface area (Å²) >= 11 is 0. The van der Waals surface area contributed by atoms with Crippen LogP contribution in [-0.4, -0.2) is 47.5 Å². The van der Waals surface area contributed by atoms with E-state index in [4.69, 9.17) is 4.74 Å². The Labute approximate surface area is 140 Å². The number of hydrogen-bond acceptors (Lipinski definition) is 4. The minimum atomic E-state index is -0.00283. The summed E-state index contributed by atoms with van der Waals surface area (Å²) in [6, 6.07) is 4.06. The largest absolute Gasteiger partial charge is 0.504 e. The zero-order valence-electron chi connectivity index (χ0n) is 14.6. The zero-order valence-corrected chi connectivity index (χ0v) is 14.6. The van der Waals surface area contributed by atoms with E-state index in [9.17, 15) is 10.2 Å². The van der Waals surface area contributed by atoms with Crippen LogP contribution >= 0.6 is 0 Å². The van der Waals surface area contributed by atoms with Crippen molar-refractivity contribution in [2.45, 2.75) is 58.4 Å². The molecular formula is C19H31NO3. The van der Waals surface area contributed by atoms with Gasteiger partial charge in [-0.15, -0.1) is 0 Å². The molecule has 0 aromatic heterocycles. The van der Waals surface area contributed by atoms with E-state index in [0.29, 0.717) is 6.04 Å². The van der Waals surface area contributed by atoms with Gasteiger partial charge in [0.1, 0.15) is 0 Å². The van der Waals surface area contributed by atoms with Gasteiger partial charge in [-0.2, -0.15) is 0 Å². The number of phenols is 2. The van der Waals surface area contributed by atoms with Crippen LogP contribution in [0, 0.1) is 0 Å². The Morgan fingerprint density at radius 3 is 2.70 bits per heavy atom. The van der Waals surface area contributed by atoms with Gasteiger partial charge in [0.2, 0.25) is 0 Å². The average Bonchev–Trinajstić information content (AvgIpc) is 2.57. The maximum atomic E-state index is 10.0. The van der Waals surface area contributed by atoms with Gasteiger partial charge in [0, 0.05) is 24.8 Å². The summed E-state index contributed by atoms with van der Waals surface area (Å²) in [5, 5.41) is 19.7. The van der Waals surface area contributed by atoms with Crippen LogP contribution in [-0.2, 0) is 17.6 Å². The Hall–Kier alpha value is -1.26. The van der Waals surface area contributed by atoms with E-state index < -0.39 is 0 Å². The van der Waals surface area contributed by atoms with Crippen LogP contribution in [0.5, 0.6) is 11.5 Å². The van der Waals surface area contributed by atoms with Crippen molar-refractivity contribution in [1.82, 2.24) is 4.90 Å². The predicted molar refractivity (Wildman–Crippen MR) is 93.2 cm³/mol. The van der Waals surface area contributed by atoms with E-state index in [1.54, 1.807) is 6.07 Å². The second-order valence-electron chi connectivity index (χ2n) is 6.47. The lowest BCUT2D eigenvalue weighted by Crippen LogP contribution is -2.41. The highest BCUT2D eigenvalue weighted by molar-refractivity contribution is 5.50. The minimum Gasteiger partial charge on any atom is -0.504 e. The maximum Gasteiger partial charge on any atom is 0.160 e. The van der Waals surface area contributed by atoms with Gasteiger partial charge in [0.15, 0.2) is 11.5 Å². The highest BCUT2D eigenvalue weighted by Gasteiger charge is 2.26. The molecule has 4 nitrogen and oxygen atoms in total. The lowest BCUT2D eigenvalue weighted by atomic mass is 9.86. The quantitative estimate of drug-likeness (QED) is 0.540. The molecule has 1 aromatic rings. The molecule has 0 fully saturated rings. The molecule has 1 atom stereocenters. The SMILES string of the molecule is CCCCOCCN(CCC)[C@H]1CCc2c(ccc(O)c2O)C1. The number of ether oxygens (including phenoxy) is 1. The van der Waals surface area contributed by atoms with Gasteiger partial charge in [-0.3, -0.25) is 4.90 Å². The normalized spacial score (nSPS) is 17.4. The zero-order chi connectivity index (χ0) is 16.7. The molecule has 0 radical (unpaired) electrons. The molecule has 23 heavy (non-hydrogen) atoms. The Balaban J connectivity index is 1.94. The fraction of sp³-hybridized carbons (Fsp3) is 0.684. The maximum absolute atomic E-state index is 10.0. The number of phenolic OH excluding ortho intramolecular Hbond substituents is 2. The van der Waals surface area contributed by atoms with Crippen molar-refractivity contribution in [3.8, 4) is 11.5 Å². The van der Waals surface area contributed by atoms with Crippen LogP contribution in [0.1, 0.15) is 50.7 Å². The van der Waals surface area contributed by atoms with E-state index in [1.807, 2.05) is 6.07 Å². The smallest absolute Gasteiger partial charge is 0.160 e. The van der Waals surface area contributed by atoms with Gasteiger partial charge in [-0.1, -0.05) is 26.3 Å². The van der Waals surface area contributed by atoms with Crippen LogP contribution in [0.2, 0.25) is 0 Å². The minimum absolute atomic E-state index is 0.00283. The van der Waals surface area contributed by atoms with Crippen LogP contribution in [0.4, 0.5) is 0 Å². The molecule has 0 aliphatic heterocycles. The van der Waals surface area contributed by atoms with Crippen molar-refractivity contribution in [2.24, 2.45) is 0 Å². The van der Waals surface area contributed by atoms with Crippen molar-refractivity contribution in [3.63, 3.8) is 0 Å². The highest BCUT2D eigenvalue weighted by atomic mass is 16.5.